The first-order valence-corrected chi connectivity index (χ1v) is 13.7. The van der Waals surface area contributed by atoms with Gasteiger partial charge < -0.3 is 18.9 Å². The Kier molecular flexibility index (Phi) is 9.14. The average molecular weight is 602 g/mol. The van der Waals surface area contributed by atoms with Crippen molar-refractivity contribution in [2.45, 2.75) is 40.5 Å². The Morgan fingerprint density at radius 1 is 0.725 bits per heavy atom. The number of halogens is 3. The topological polar surface area (TPSA) is 71.1 Å². The van der Waals surface area contributed by atoms with Crippen molar-refractivity contribution in [1.82, 2.24) is 0 Å². The van der Waals surface area contributed by atoms with Gasteiger partial charge in [-0.15, -0.1) is 0 Å². The number of hydrogen-bond donors (Lipinski definition) is 0. The normalized spacial score (nSPS) is 11.3. The highest BCUT2D eigenvalue weighted by atomic mass is 35.5. The summed E-state index contributed by atoms with van der Waals surface area (Å²) >= 11 is 19.2. The predicted octanol–water partition coefficient (Wildman–Crippen LogP) is 10.0. The first kappa shape index (κ1) is 29.5. The number of carbonyl (C=O) groups excluding carboxylic acids is 2. The molecular formula is C31H27Cl3O6. The van der Waals surface area contributed by atoms with E-state index in [-0.39, 0.29) is 39.5 Å². The monoisotopic (exact) mass is 600 g/mol. The van der Waals surface area contributed by atoms with Gasteiger partial charge in [0.1, 0.15) is 11.5 Å². The lowest BCUT2D eigenvalue weighted by atomic mass is 9.88. The highest BCUT2D eigenvalue weighted by Gasteiger charge is 2.34. The zero-order chi connectivity index (χ0) is 29.0. The molecule has 0 heterocycles. The van der Waals surface area contributed by atoms with E-state index in [1.807, 2.05) is 6.92 Å². The Hall–Kier alpha value is -3.45. The summed E-state index contributed by atoms with van der Waals surface area (Å²) in [6.45, 7) is 6.86. The van der Waals surface area contributed by atoms with Gasteiger partial charge in [-0.25, -0.2) is 0 Å². The molecule has 0 saturated heterocycles. The summed E-state index contributed by atoms with van der Waals surface area (Å²) in [7, 11) is 0. The molecule has 6 nitrogen and oxygen atoms in total. The lowest BCUT2D eigenvalue weighted by Crippen LogP contribution is -2.29. The second kappa shape index (κ2) is 12.4. The molecule has 0 amide bonds. The molecule has 40 heavy (non-hydrogen) atoms. The van der Waals surface area contributed by atoms with Gasteiger partial charge in [0, 0.05) is 22.7 Å². The van der Waals surface area contributed by atoms with E-state index >= 15 is 0 Å². The van der Waals surface area contributed by atoms with Crippen LogP contribution in [0.15, 0.2) is 66.7 Å². The molecule has 0 radical (unpaired) electrons. The Morgan fingerprint density at radius 3 is 1.75 bits per heavy atom. The molecule has 0 unspecified atom stereocenters. The van der Waals surface area contributed by atoms with Crippen molar-refractivity contribution >= 4 is 57.5 Å². The van der Waals surface area contributed by atoms with Crippen molar-refractivity contribution in [2.24, 2.45) is 5.41 Å². The number of carbonyl (C=O) groups is 2. The van der Waals surface area contributed by atoms with Crippen LogP contribution in [0.5, 0.6) is 34.5 Å². The van der Waals surface area contributed by atoms with Crippen LogP contribution in [0.3, 0.4) is 0 Å². The van der Waals surface area contributed by atoms with Crippen molar-refractivity contribution in [3.8, 4) is 34.5 Å². The van der Waals surface area contributed by atoms with Crippen LogP contribution in [-0.4, -0.2) is 11.9 Å². The summed E-state index contributed by atoms with van der Waals surface area (Å²) in [6.07, 6.45) is 1.36. The minimum absolute atomic E-state index is 0.000379. The number of benzene rings is 4. The molecule has 0 aromatic heterocycles. The standard InChI is InChI=1S/C31H27Cl3O6/c1-5-16-31(3,4)30(36)40-26-20-15-14-19(32)17-21(20)27(37-18(2)35)29(39-25-13-9-7-11-23(25)34)28(26)38-24-12-8-6-10-22(24)33/h6-15,17H,5,16H2,1-4H3. The van der Waals surface area contributed by atoms with E-state index in [4.69, 9.17) is 53.8 Å². The zero-order valence-electron chi connectivity index (χ0n) is 22.3. The van der Waals surface area contributed by atoms with Crippen molar-refractivity contribution < 1.29 is 28.5 Å². The van der Waals surface area contributed by atoms with Crippen molar-refractivity contribution in [3.05, 3.63) is 81.8 Å². The lowest BCUT2D eigenvalue weighted by Gasteiger charge is -2.25. The third kappa shape index (κ3) is 6.47. The molecular weight excluding hydrogens is 575 g/mol. The van der Waals surface area contributed by atoms with E-state index in [1.54, 1.807) is 80.6 Å². The molecule has 4 aromatic carbocycles. The average Bonchev–Trinajstić information content (AvgIpc) is 2.89. The molecule has 0 aliphatic rings. The van der Waals surface area contributed by atoms with Crippen LogP contribution in [-0.2, 0) is 9.59 Å². The second-order valence-corrected chi connectivity index (χ2v) is 10.9. The van der Waals surface area contributed by atoms with Crippen LogP contribution < -0.4 is 18.9 Å². The maximum absolute atomic E-state index is 13.5. The lowest BCUT2D eigenvalue weighted by molar-refractivity contribution is -0.144. The SMILES string of the molecule is CCCC(C)(C)C(=O)Oc1c(Oc2ccccc2Cl)c(Oc2ccccc2Cl)c(OC(C)=O)c2cc(Cl)ccc12. The summed E-state index contributed by atoms with van der Waals surface area (Å²) in [5.74, 6) is -0.680. The number of rotatable bonds is 9. The summed E-state index contributed by atoms with van der Waals surface area (Å²) in [5.41, 5.74) is -0.812. The maximum Gasteiger partial charge on any atom is 0.317 e. The predicted molar refractivity (Wildman–Crippen MR) is 158 cm³/mol. The van der Waals surface area contributed by atoms with Gasteiger partial charge >= 0.3 is 11.9 Å². The van der Waals surface area contributed by atoms with Crippen molar-refractivity contribution in [3.63, 3.8) is 0 Å². The number of ether oxygens (including phenoxy) is 4. The molecule has 208 valence electrons. The fraction of sp³-hybridized carbons (Fsp3) is 0.226. The quantitative estimate of drug-likeness (QED) is 0.140. The zero-order valence-corrected chi connectivity index (χ0v) is 24.6. The van der Waals surface area contributed by atoms with Crippen molar-refractivity contribution in [2.75, 3.05) is 0 Å². The molecule has 4 rings (SSSR count). The van der Waals surface area contributed by atoms with Crippen molar-refractivity contribution in [1.29, 1.82) is 0 Å². The molecule has 0 aliphatic heterocycles. The third-order valence-corrected chi connectivity index (χ3v) is 6.91. The molecule has 0 bridgehead atoms. The second-order valence-electron chi connectivity index (χ2n) is 9.69. The summed E-state index contributed by atoms with van der Waals surface area (Å²) in [4.78, 5) is 25.8. The Morgan fingerprint density at radius 2 is 1.25 bits per heavy atom. The minimum Gasteiger partial charge on any atom is -0.448 e. The van der Waals surface area contributed by atoms with Gasteiger partial charge in [-0.1, -0.05) is 72.4 Å². The molecule has 4 aromatic rings. The smallest absolute Gasteiger partial charge is 0.317 e. The highest BCUT2D eigenvalue weighted by Crippen LogP contribution is 2.55. The first-order valence-electron chi connectivity index (χ1n) is 12.6. The van der Waals surface area contributed by atoms with Crippen LogP contribution in [0, 0.1) is 5.41 Å². The van der Waals surface area contributed by atoms with Gasteiger partial charge in [0.25, 0.3) is 0 Å². The van der Waals surface area contributed by atoms with E-state index in [1.165, 1.54) is 6.92 Å². The van der Waals surface area contributed by atoms with Gasteiger partial charge in [-0.05, 0) is 62.7 Å². The summed E-state index contributed by atoms with van der Waals surface area (Å²) in [5, 5.41) is 1.68. The number of esters is 2. The Bertz CT molecular complexity index is 1580. The first-order chi connectivity index (χ1) is 19.0. The molecule has 0 spiro atoms. The number of para-hydroxylation sites is 2. The van der Waals surface area contributed by atoms with E-state index in [9.17, 15) is 9.59 Å². The minimum atomic E-state index is -0.812. The van der Waals surface area contributed by atoms with E-state index in [0.29, 0.717) is 27.2 Å². The van der Waals surface area contributed by atoms with E-state index in [0.717, 1.165) is 6.42 Å². The molecule has 0 N–H and O–H groups in total. The van der Waals surface area contributed by atoms with E-state index in [2.05, 4.69) is 0 Å². The van der Waals surface area contributed by atoms with Gasteiger partial charge in [0.15, 0.2) is 11.5 Å². The third-order valence-electron chi connectivity index (χ3n) is 6.06. The van der Waals surface area contributed by atoms with Gasteiger partial charge in [0.05, 0.1) is 15.5 Å². The molecule has 0 atom stereocenters. The van der Waals surface area contributed by atoms with Gasteiger partial charge in [-0.2, -0.15) is 0 Å². The molecule has 0 fully saturated rings. The van der Waals surface area contributed by atoms with E-state index < -0.39 is 17.4 Å². The molecule has 0 aliphatic carbocycles. The van der Waals surface area contributed by atoms with Crippen LogP contribution >= 0.6 is 34.8 Å². The molecule has 9 heteroatoms. The van der Waals surface area contributed by atoms with Crippen LogP contribution in [0.1, 0.15) is 40.5 Å². The van der Waals surface area contributed by atoms with Gasteiger partial charge in [-0.3, -0.25) is 9.59 Å². The number of fused-ring (bicyclic) bond motifs is 1. The van der Waals surface area contributed by atoms with Gasteiger partial charge in [0.2, 0.25) is 11.5 Å². The summed E-state index contributed by atoms with van der Waals surface area (Å²) in [6, 6.07) is 18.4. The Labute approximate surface area is 247 Å². The van der Waals surface area contributed by atoms with Crippen LogP contribution in [0.25, 0.3) is 10.8 Å². The molecule has 0 saturated carbocycles. The number of hydrogen-bond acceptors (Lipinski definition) is 6. The van der Waals surface area contributed by atoms with Crippen LogP contribution in [0.4, 0.5) is 0 Å². The summed E-state index contributed by atoms with van der Waals surface area (Å²) < 4.78 is 24.4. The maximum atomic E-state index is 13.5. The highest BCUT2D eigenvalue weighted by molar-refractivity contribution is 6.32. The fourth-order valence-corrected chi connectivity index (χ4v) is 4.64. The van der Waals surface area contributed by atoms with Crippen LogP contribution in [0.2, 0.25) is 15.1 Å². The largest absolute Gasteiger partial charge is 0.448 e. The fourth-order valence-electron chi connectivity index (χ4n) is 4.12. The Balaban J connectivity index is 2.09.